The Morgan fingerprint density at radius 3 is 2.75 bits per heavy atom. The molecule has 1 fully saturated rings. The van der Waals surface area contributed by atoms with Crippen LogP contribution in [0, 0.1) is 17.6 Å². The smallest absolute Gasteiger partial charge is 0.168 e. The second kappa shape index (κ2) is 5.91. The van der Waals surface area contributed by atoms with E-state index in [2.05, 4.69) is 22.5 Å². The average molecular weight is 285 g/mol. The molecule has 0 bridgehead atoms. The fourth-order valence-corrected chi connectivity index (χ4v) is 2.81. The Balaban J connectivity index is 2.07. The summed E-state index contributed by atoms with van der Waals surface area (Å²) in [6.45, 7) is 2.32. The zero-order chi connectivity index (χ0) is 14.8. The molecule has 1 heterocycles. The highest BCUT2D eigenvalue weighted by molar-refractivity contribution is 5.47. The fourth-order valence-electron chi connectivity index (χ4n) is 2.81. The van der Waals surface area contributed by atoms with Gasteiger partial charge >= 0.3 is 0 Å². The van der Waals surface area contributed by atoms with Crippen molar-refractivity contribution < 1.29 is 13.9 Å². The maximum atomic E-state index is 13.6. The molecule has 2 unspecified atom stereocenters. The fraction of sp³-hybridized carbons (Fsp3) is 0.643. The molecule has 1 aromatic rings. The number of hydrogen-bond donors (Lipinski definition) is 3. The summed E-state index contributed by atoms with van der Waals surface area (Å²) in [5, 5.41) is 15.8. The number of halogens is 2. The second-order valence-electron chi connectivity index (χ2n) is 5.68. The van der Waals surface area contributed by atoms with Crippen molar-refractivity contribution in [2.75, 3.05) is 24.2 Å². The summed E-state index contributed by atoms with van der Waals surface area (Å²) in [6, 6.07) is 0.786. The summed E-state index contributed by atoms with van der Waals surface area (Å²) in [6.07, 6.45) is 3.43. The van der Waals surface area contributed by atoms with Crippen molar-refractivity contribution >= 4 is 11.6 Å². The van der Waals surface area contributed by atoms with E-state index >= 15 is 0 Å². The van der Waals surface area contributed by atoms with Crippen LogP contribution in [-0.2, 0) is 0 Å². The molecule has 1 aromatic heterocycles. The van der Waals surface area contributed by atoms with Crippen LogP contribution in [0.1, 0.15) is 32.6 Å². The van der Waals surface area contributed by atoms with Crippen molar-refractivity contribution in [1.29, 1.82) is 0 Å². The molecule has 0 amide bonds. The monoisotopic (exact) mass is 285 g/mol. The van der Waals surface area contributed by atoms with E-state index in [1.807, 2.05) is 0 Å². The first-order valence-electron chi connectivity index (χ1n) is 6.93. The largest absolute Gasteiger partial charge is 0.388 e. The first-order valence-corrected chi connectivity index (χ1v) is 6.93. The number of nitrogens with one attached hydrogen (secondary N) is 2. The lowest BCUT2D eigenvalue weighted by Crippen LogP contribution is -2.41. The lowest BCUT2D eigenvalue weighted by molar-refractivity contribution is -0.000870. The number of anilines is 2. The molecular formula is C14H21F2N3O. The van der Waals surface area contributed by atoms with E-state index in [4.69, 9.17) is 0 Å². The quantitative estimate of drug-likeness (QED) is 0.796. The number of nitrogens with zero attached hydrogens (tertiary/aromatic N) is 1. The van der Waals surface area contributed by atoms with Gasteiger partial charge in [-0.15, -0.1) is 0 Å². The molecule has 1 aliphatic rings. The van der Waals surface area contributed by atoms with Crippen molar-refractivity contribution in [2.24, 2.45) is 5.92 Å². The van der Waals surface area contributed by atoms with Gasteiger partial charge in [0.2, 0.25) is 0 Å². The van der Waals surface area contributed by atoms with E-state index in [-0.39, 0.29) is 18.2 Å². The maximum absolute atomic E-state index is 13.6. The normalized spacial score (nSPS) is 26.4. The van der Waals surface area contributed by atoms with Gasteiger partial charge in [-0.1, -0.05) is 19.8 Å². The SMILES string of the molecule is CNc1nc(NCC2(O)CCCC(C)C2)c(F)cc1F. The summed E-state index contributed by atoms with van der Waals surface area (Å²) in [5.41, 5.74) is -0.847. The highest BCUT2D eigenvalue weighted by Crippen LogP contribution is 2.32. The second-order valence-corrected chi connectivity index (χ2v) is 5.68. The van der Waals surface area contributed by atoms with Crippen LogP contribution < -0.4 is 10.6 Å². The van der Waals surface area contributed by atoms with Gasteiger partial charge in [-0.25, -0.2) is 13.8 Å². The third kappa shape index (κ3) is 3.36. The minimum atomic E-state index is -0.847. The van der Waals surface area contributed by atoms with Gasteiger partial charge in [0.1, 0.15) is 0 Å². The highest BCUT2D eigenvalue weighted by atomic mass is 19.1. The summed E-state index contributed by atoms with van der Waals surface area (Å²) >= 11 is 0. The van der Waals surface area contributed by atoms with Gasteiger partial charge in [-0.3, -0.25) is 0 Å². The van der Waals surface area contributed by atoms with Gasteiger partial charge in [0.25, 0.3) is 0 Å². The Morgan fingerprint density at radius 2 is 2.10 bits per heavy atom. The van der Waals surface area contributed by atoms with Gasteiger partial charge in [0, 0.05) is 19.7 Å². The van der Waals surface area contributed by atoms with Crippen molar-refractivity contribution in [1.82, 2.24) is 4.98 Å². The lowest BCUT2D eigenvalue weighted by atomic mass is 9.79. The van der Waals surface area contributed by atoms with Gasteiger partial charge in [0.05, 0.1) is 5.60 Å². The number of rotatable bonds is 4. The molecule has 2 rings (SSSR count). The van der Waals surface area contributed by atoms with Crippen LogP contribution in [0.2, 0.25) is 0 Å². The van der Waals surface area contributed by atoms with Crippen molar-refractivity contribution in [3.8, 4) is 0 Å². The minimum absolute atomic E-state index is 0.0158. The van der Waals surface area contributed by atoms with Gasteiger partial charge < -0.3 is 15.7 Å². The van der Waals surface area contributed by atoms with Crippen LogP contribution in [0.25, 0.3) is 0 Å². The van der Waals surface area contributed by atoms with Crippen molar-refractivity contribution in [3.05, 3.63) is 17.7 Å². The Hall–Kier alpha value is -1.43. The number of aliphatic hydroxyl groups is 1. The molecule has 1 aliphatic carbocycles. The van der Waals surface area contributed by atoms with Gasteiger partial charge in [-0.05, 0) is 18.8 Å². The molecular weight excluding hydrogens is 264 g/mol. The standard InChI is InChI=1S/C14H21F2N3O/c1-9-4-3-5-14(20,7-9)8-18-13-11(16)6-10(15)12(17-2)19-13/h6,9,20H,3-5,7-8H2,1-2H3,(H2,17,18,19). The van der Waals surface area contributed by atoms with Crippen molar-refractivity contribution in [2.45, 2.75) is 38.2 Å². The molecule has 6 heteroatoms. The molecule has 0 saturated heterocycles. The van der Waals surface area contributed by atoms with E-state index in [9.17, 15) is 13.9 Å². The summed E-state index contributed by atoms with van der Waals surface area (Å²) in [4.78, 5) is 3.84. The van der Waals surface area contributed by atoms with Crippen LogP contribution in [0.5, 0.6) is 0 Å². The van der Waals surface area contributed by atoms with E-state index < -0.39 is 17.2 Å². The number of aromatic nitrogens is 1. The van der Waals surface area contributed by atoms with Crippen LogP contribution in [0.4, 0.5) is 20.4 Å². The van der Waals surface area contributed by atoms with Crippen LogP contribution in [-0.4, -0.2) is 29.3 Å². The number of pyridine rings is 1. The first kappa shape index (κ1) is 15.0. The Morgan fingerprint density at radius 1 is 1.40 bits per heavy atom. The maximum Gasteiger partial charge on any atom is 0.168 e. The van der Waals surface area contributed by atoms with Crippen LogP contribution in [0.15, 0.2) is 6.07 Å². The van der Waals surface area contributed by atoms with E-state index in [1.54, 1.807) is 0 Å². The molecule has 2 atom stereocenters. The van der Waals surface area contributed by atoms with Crippen LogP contribution >= 0.6 is 0 Å². The minimum Gasteiger partial charge on any atom is -0.388 e. The highest BCUT2D eigenvalue weighted by Gasteiger charge is 2.32. The molecule has 0 radical (unpaired) electrons. The Kier molecular flexibility index (Phi) is 4.42. The Bertz CT molecular complexity index is 484. The molecule has 112 valence electrons. The number of hydrogen-bond acceptors (Lipinski definition) is 4. The topological polar surface area (TPSA) is 57.2 Å². The molecule has 1 saturated carbocycles. The molecule has 0 aromatic carbocycles. The molecule has 3 N–H and O–H groups in total. The molecule has 20 heavy (non-hydrogen) atoms. The zero-order valence-corrected chi connectivity index (χ0v) is 11.8. The zero-order valence-electron chi connectivity index (χ0n) is 11.8. The van der Waals surface area contributed by atoms with E-state index in [0.717, 1.165) is 18.9 Å². The van der Waals surface area contributed by atoms with Crippen molar-refractivity contribution in [3.63, 3.8) is 0 Å². The predicted octanol–water partition coefficient (Wildman–Crippen LogP) is 2.75. The van der Waals surface area contributed by atoms with E-state index in [0.29, 0.717) is 18.8 Å². The third-order valence-electron chi connectivity index (χ3n) is 3.82. The molecule has 0 aliphatic heterocycles. The molecule has 4 nitrogen and oxygen atoms in total. The summed E-state index contributed by atoms with van der Waals surface area (Å²) in [7, 11) is 1.52. The predicted molar refractivity (Wildman–Crippen MR) is 74.8 cm³/mol. The van der Waals surface area contributed by atoms with Gasteiger partial charge in [-0.2, -0.15) is 0 Å². The average Bonchev–Trinajstić information content (AvgIpc) is 2.37. The van der Waals surface area contributed by atoms with Crippen LogP contribution in [0.3, 0.4) is 0 Å². The lowest BCUT2D eigenvalue weighted by Gasteiger charge is -2.35. The van der Waals surface area contributed by atoms with E-state index in [1.165, 1.54) is 7.05 Å². The van der Waals surface area contributed by atoms with Gasteiger partial charge in [0.15, 0.2) is 23.3 Å². The third-order valence-corrected chi connectivity index (χ3v) is 3.82. The Labute approximate surface area is 117 Å². The summed E-state index contributed by atoms with van der Waals surface area (Å²) < 4.78 is 27.0. The summed E-state index contributed by atoms with van der Waals surface area (Å²) in [5.74, 6) is -1.09. The molecule has 0 spiro atoms. The first-order chi connectivity index (χ1) is 9.43.